The fourth-order valence-corrected chi connectivity index (χ4v) is 3.36. The predicted molar refractivity (Wildman–Crippen MR) is 105 cm³/mol. The number of aryl methyl sites for hydroxylation is 1. The highest BCUT2D eigenvalue weighted by molar-refractivity contribution is 7.09. The molecule has 0 fully saturated rings. The normalized spacial score (nSPS) is 12.9. The number of ether oxygens (including phenoxy) is 1. The number of aromatic nitrogens is 1. The molecule has 1 atom stereocenters. The van der Waals surface area contributed by atoms with Crippen LogP contribution < -0.4 is 5.32 Å². The minimum Gasteiger partial charge on any atom is -0.375 e. The molecule has 1 N–H and O–H groups in total. The third kappa shape index (κ3) is 6.14. The summed E-state index contributed by atoms with van der Waals surface area (Å²) in [6, 6.07) is 10.6. The van der Waals surface area contributed by atoms with E-state index in [-0.39, 0.29) is 6.10 Å². The summed E-state index contributed by atoms with van der Waals surface area (Å²) in [6.07, 6.45) is 2.18. The molecular weight excluding hydrogens is 332 g/mol. The molecule has 0 amide bonds. The van der Waals surface area contributed by atoms with E-state index in [2.05, 4.69) is 55.9 Å². The molecule has 0 saturated heterocycles. The molecule has 0 aliphatic carbocycles. The number of aliphatic imine (C=N–C) groups is 1. The third-order valence-corrected chi connectivity index (χ3v) is 5.07. The van der Waals surface area contributed by atoms with E-state index in [1.54, 1.807) is 18.4 Å². The second-order valence-corrected chi connectivity index (χ2v) is 6.86. The third-order valence-electron chi connectivity index (χ3n) is 4.01. The number of thiazole rings is 1. The second kappa shape index (κ2) is 10.2. The van der Waals surface area contributed by atoms with Crippen molar-refractivity contribution in [2.45, 2.75) is 32.4 Å². The van der Waals surface area contributed by atoms with Gasteiger partial charge in [0.25, 0.3) is 0 Å². The van der Waals surface area contributed by atoms with Crippen LogP contribution in [0.1, 0.15) is 35.7 Å². The first-order valence-electron chi connectivity index (χ1n) is 8.56. The first kappa shape index (κ1) is 19.4. The molecule has 0 aliphatic heterocycles. The van der Waals surface area contributed by atoms with E-state index in [1.165, 1.54) is 5.56 Å². The van der Waals surface area contributed by atoms with E-state index < -0.39 is 0 Å². The van der Waals surface area contributed by atoms with E-state index >= 15 is 0 Å². The fraction of sp³-hybridized carbons (Fsp3) is 0.474. The van der Waals surface area contributed by atoms with Gasteiger partial charge in [0.1, 0.15) is 11.1 Å². The van der Waals surface area contributed by atoms with Crippen LogP contribution in [0.4, 0.5) is 0 Å². The maximum Gasteiger partial charge on any atom is 0.193 e. The van der Waals surface area contributed by atoms with Gasteiger partial charge in [-0.2, -0.15) is 0 Å². The Hall–Kier alpha value is -1.92. The summed E-state index contributed by atoms with van der Waals surface area (Å²) in [5.74, 6) is 0.891. The van der Waals surface area contributed by atoms with Crippen molar-refractivity contribution in [1.82, 2.24) is 15.2 Å². The highest BCUT2D eigenvalue weighted by atomic mass is 32.1. The highest BCUT2D eigenvalue weighted by Gasteiger charge is 2.12. The maximum absolute atomic E-state index is 5.32. The van der Waals surface area contributed by atoms with Crippen molar-refractivity contribution < 1.29 is 4.74 Å². The lowest BCUT2D eigenvalue weighted by Crippen LogP contribution is -2.39. The molecule has 0 spiro atoms. The van der Waals surface area contributed by atoms with Crippen LogP contribution in [0.2, 0.25) is 0 Å². The highest BCUT2D eigenvalue weighted by Crippen LogP contribution is 2.20. The van der Waals surface area contributed by atoms with Crippen LogP contribution in [0.5, 0.6) is 0 Å². The number of rotatable bonds is 8. The van der Waals surface area contributed by atoms with Gasteiger partial charge in [0.2, 0.25) is 0 Å². The lowest BCUT2D eigenvalue weighted by atomic mass is 10.1. The van der Waals surface area contributed by atoms with Crippen molar-refractivity contribution in [2.75, 3.05) is 27.7 Å². The van der Waals surface area contributed by atoms with Gasteiger partial charge in [0.15, 0.2) is 5.96 Å². The maximum atomic E-state index is 5.32. The number of methoxy groups -OCH3 is 1. The van der Waals surface area contributed by atoms with Crippen LogP contribution in [-0.4, -0.2) is 43.6 Å². The molecule has 2 rings (SSSR count). The van der Waals surface area contributed by atoms with Crippen molar-refractivity contribution >= 4 is 17.3 Å². The largest absolute Gasteiger partial charge is 0.375 e. The van der Waals surface area contributed by atoms with Crippen LogP contribution in [0.25, 0.3) is 0 Å². The summed E-state index contributed by atoms with van der Waals surface area (Å²) in [5, 5.41) is 6.53. The Balaban J connectivity index is 1.78. The van der Waals surface area contributed by atoms with Gasteiger partial charge in [0.05, 0.1) is 12.2 Å². The molecule has 25 heavy (non-hydrogen) atoms. The van der Waals surface area contributed by atoms with Crippen LogP contribution in [0.3, 0.4) is 0 Å². The fourth-order valence-electron chi connectivity index (χ4n) is 2.52. The van der Waals surface area contributed by atoms with E-state index in [0.717, 1.165) is 42.6 Å². The van der Waals surface area contributed by atoms with Gasteiger partial charge in [-0.3, -0.25) is 4.99 Å². The van der Waals surface area contributed by atoms with Crippen molar-refractivity contribution in [2.24, 2.45) is 4.99 Å². The van der Waals surface area contributed by atoms with Gasteiger partial charge in [-0.05, 0) is 25.3 Å². The van der Waals surface area contributed by atoms with E-state index in [0.29, 0.717) is 0 Å². The van der Waals surface area contributed by atoms with Crippen LogP contribution >= 0.6 is 11.3 Å². The summed E-state index contributed by atoms with van der Waals surface area (Å²) < 4.78 is 5.32. The lowest BCUT2D eigenvalue weighted by molar-refractivity contribution is 0.119. The Morgan fingerprint density at radius 2 is 2.12 bits per heavy atom. The van der Waals surface area contributed by atoms with Gasteiger partial charge in [-0.15, -0.1) is 11.3 Å². The molecule has 0 radical (unpaired) electrons. The Kier molecular flexibility index (Phi) is 7.88. The molecule has 0 aliphatic rings. The van der Waals surface area contributed by atoms with Crippen LogP contribution in [0, 0.1) is 0 Å². The number of hydrogen-bond acceptors (Lipinski definition) is 4. The van der Waals surface area contributed by atoms with Gasteiger partial charge < -0.3 is 15.0 Å². The number of nitrogens with one attached hydrogen (secondary N) is 1. The van der Waals surface area contributed by atoms with E-state index in [1.807, 2.05) is 21.0 Å². The molecule has 136 valence electrons. The molecule has 0 saturated carbocycles. The van der Waals surface area contributed by atoms with Crippen molar-refractivity contribution in [3.8, 4) is 0 Å². The number of hydrogen-bond donors (Lipinski definition) is 1. The molecule has 6 heteroatoms. The molecule has 0 bridgehead atoms. The number of benzene rings is 1. The molecule has 5 nitrogen and oxygen atoms in total. The van der Waals surface area contributed by atoms with Gasteiger partial charge in [0, 0.05) is 33.1 Å². The van der Waals surface area contributed by atoms with Crippen molar-refractivity contribution in [3.63, 3.8) is 0 Å². The summed E-state index contributed by atoms with van der Waals surface area (Å²) in [4.78, 5) is 11.1. The summed E-state index contributed by atoms with van der Waals surface area (Å²) in [5.41, 5.74) is 2.41. The van der Waals surface area contributed by atoms with Gasteiger partial charge >= 0.3 is 0 Å². The zero-order chi connectivity index (χ0) is 18.1. The van der Waals surface area contributed by atoms with E-state index in [9.17, 15) is 0 Å². The number of guanidine groups is 1. The standard InChI is InChI=1S/C19H28N4OS/c1-15(24-4)18-22-17(14-25-18)13-23(3)19(20-2)21-12-8-11-16-9-6-5-7-10-16/h5-7,9-10,14-15H,8,11-13H2,1-4H3,(H,20,21). The molecule has 1 aromatic carbocycles. The summed E-state index contributed by atoms with van der Waals surface area (Å²) in [7, 11) is 5.56. The average Bonchev–Trinajstić information content (AvgIpc) is 3.10. The molecule has 1 aromatic heterocycles. The Labute approximate surface area is 154 Å². The van der Waals surface area contributed by atoms with Crippen LogP contribution in [0.15, 0.2) is 40.7 Å². The van der Waals surface area contributed by atoms with E-state index in [4.69, 9.17) is 4.74 Å². The SMILES string of the molecule is CN=C(NCCCc1ccccc1)N(C)Cc1csc(C(C)OC)n1. The molecule has 1 unspecified atom stereocenters. The monoisotopic (exact) mass is 360 g/mol. The Morgan fingerprint density at radius 3 is 2.80 bits per heavy atom. The predicted octanol–water partition coefficient (Wildman–Crippen LogP) is 3.49. The summed E-state index contributed by atoms with van der Waals surface area (Å²) >= 11 is 1.64. The first-order valence-corrected chi connectivity index (χ1v) is 9.44. The smallest absolute Gasteiger partial charge is 0.193 e. The topological polar surface area (TPSA) is 49.8 Å². The van der Waals surface area contributed by atoms with Crippen molar-refractivity contribution in [1.29, 1.82) is 0 Å². The first-order chi connectivity index (χ1) is 12.1. The quantitative estimate of drug-likeness (QED) is 0.445. The lowest BCUT2D eigenvalue weighted by Gasteiger charge is -2.21. The molecule has 1 heterocycles. The zero-order valence-corrected chi connectivity index (χ0v) is 16.3. The summed E-state index contributed by atoms with van der Waals surface area (Å²) in [6.45, 7) is 3.64. The number of nitrogens with zero attached hydrogens (tertiary/aromatic N) is 3. The Bertz CT molecular complexity index is 656. The second-order valence-electron chi connectivity index (χ2n) is 5.97. The van der Waals surface area contributed by atoms with Gasteiger partial charge in [-0.1, -0.05) is 30.3 Å². The molecular formula is C19H28N4OS. The zero-order valence-electron chi connectivity index (χ0n) is 15.5. The van der Waals surface area contributed by atoms with Gasteiger partial charge in [-0.25, -0.2) is 4.98 Å². The Morgan fingerprint density at radius 1 is 1.36 bits per heavy atom. The minimum atomic E-state index is 0.0412. The average molecular weight is 361 g/mol. The van der Waals surface area contributed by atoms with Crippen molar-refractivity contribution in [3.05, 3.63) is 52.0 Å². The minimum absolute atomic E-state index is 0.0412. The van der Waals surface area contributed by atoms with Crippen LogP contribution in [-0.2, 0) is 17.7 Å². The molecule has 2 aromatic rings.